The number of halogens is 1. The molecule has 0 aliphatic heterocycles. The third kappa shape index (κ3) is 3.30. The summed E-state index contributed by atoms with van der Waals surface area (Å²) in [5.41, 5.74) is 2.24. The molecule has 0 saturated carbocycles. The van der Waals surface area contributed by atoms with E-state index in [0.717, 1.165) is 10.0 Å². The minimum absolute atomic E-state index is 0.355. The molecule has 106 valence electrons. The van der Waals surface area contributed by atoms with E-state index in [-0.39, 0.29) is 6.03 Å². The second-order valence-corrected chi connectivity index (χ2v) is 5.14. The first-order valence-electron chi connectivity index (χ1n) is 5.90. The molecule has 0 spiro atoms. The van der Waals surface area contributed by atoms with Crippen LogP contribution in [0.15, 0.2) is 29.0 Å². The Morgan fingerprint density at radius 2 is 2.15 bits per heavy atom. The number of benzene rings is 1. The topological polar surface area (TPSA) is 68.2 Å². The number of nitrogens with one attached hydrogen (secondary N) is 2. The normalized spacial score (nSPS) is 10.2. The van der Waals surface area contributed by atoms with E-state index in [9.17, 15) is 4.79 Å². The van der Waals surface area contributed by atoms with Crippen molar-refractivity contribution in [2.24, 2.45) is 7.05 Å². The Morgan fingerprint density at radius 1 is 1.40 bits per heavy atom. The molecule has 1 heterocycles. The predicted molar refractivity (Wildman–Crippen MR) is 81.3 cm³/mol. The van der Waals surface area contributed by atoms with Crippen molar-refractivity contribution < 1.29 is 9.53 Å². The zero-order valence-electron chi connectivity index (χ0n) is 11.4. The molecule has 0 fully saturated rings. The Labute approximate surface area is 125 Å². The van der Waals surface area contributed by atoms with Gasteiger partial charge in [-0.25, -0.2) is 4.79 Å². The zero-order valence-corrected chi connectivity index (χ0v) is 13.0. The maximum absolute atomic E-state index is 11.9. The Bertz CT molecular complexity index is 639. The lowest BCUT2D eigenvalue weighted by molar-refractivity contribution is 0.262. The fourth-order valence-electron chi connectivity index (χ4n) is 1.69. The van der Waals surface area contributed by atoms with Gasteiger partial charge in [-0.1, -0.05) is 15.9 Å². The van der Waals surface area contributed by atoms with Gasteiger partial charge in [-0.15, -0.1) is 0 Å². The molecule has 2 rings (SSSR count). The predicted octanol–water partition coefficient (Wildman–Crippen LogP) is 3.14. The van der Waals surface area contributed by atoms with Crippen LogP contribution in [0, 0.1) is 6.92 Å². The first-order chi connectivity index (χ1) is 9.49. The summed E-state index contributed by atoms with van der Waals surface area (Å²) >= 11 is 3.43. The van der Waals surface area contributed by atoms with E-state index in [1.54, 1.807) is 37.3 Å². The Hall–Kier alpha value is -2.02. The quantitative estimate of drug-likeness (QED) is 0.903. The minimum Gasteiger partial charge on any atom is -0.495 e. The molecule has 0 saturated heterocycles. The smallest absolute Gasteiger partial charge is 0.323 e. The molecule has 0 aliphatic carbocycles. The molecule has 6 nitrogen and oxygen atoms in total. The van der Waals surface area contributed by atoms with E-state index in [2.05, 4.69) is 31.7 Å². The van der Waals surface area contributed by atoms with E-state index in [1.807, 2.05) is 13.0 Å². The number of aryl methyl sites for hydroxylation is 2. The van der Waals surface area contributed by atoms with Gasteiger partial charge in [0.05, 0.1) is 24.7 Å². The largest absolute Gasteiger partial charge is 0.495 e. The van der Waals surface area contributed by atoms with Crippen molar-refractivity contribution in [3.05, 3.63) is 34.6 Å². The molecular weight excluding hydrogens is 324 g/mol. The first-order valence-corrected chi connectivity index (χ1v) is 6.69. The van der Waals surface area contributed by atoms with Crippen molar-refractivity contribution in [1.82, 2.24) is 9.78 Å². The van der Waals surface area contributed by atoms with Crippen LogP contribution in [0.5, 0.6) is 5.75 Å². The number of anilines is 2. The SMILES string of the molecule is COc1cc(C)c(Br)cc1NC(=O)Nc1cnn(C)c1. The Balaban J connectivity index is 2.13. The summed E-state index contributed by atoms with van der Waals surface area (Å²) in [6.07, 6.45) is 3.28. The molecule has 2 amide bonds. The highest BCUT2D eigenvalue weighted by Gasteiger charge is 2.10. The molecule has 7 heteroatoms. The fraction of sp³-hybridized carbons (Fsp3) is 0.231. The van der Waals surface area contributed by atoms with Crippen molar-refractivity contribution in [2.75, 3.05) is 17.7 Å². The number of carbonyl (C=O) groups is 1. The van der Waals surface area contributed by atoms with Crippen LogP contribution in [0.25, 0.3) is 0 Å². The van der Waals surface area contributed by atoms with Crippen LogP contribution >= 0.6 is 15.9 Å². The number of aromatic nitrogens is 2. The molecule has 0 bridgehead atoms. The summed E-state index contributed by atoms with van der Waals surface area (Å²) in [5.74, 6) is 0.604. The lowest BCUT2D eigenvalue weighted by Crippen LogP contribution is -2.19. The highest BCUT2D eigenvalue weighted by Crippen LogP contribution is 2.31. The van der Waals surface area contributed by atoms with E-state index >= 15 is 0 Å². The van der Waals surface area contributed by atoms with Crippen molar-refractivity contribution in [2.45, 2.75) is 6.92 Å². The van der Waals surface area contributed by atoms with Gasteiger partial charge >= 0.3 is 6.03 Å². The van der Waals surface area contributed by atoms with Crippen molar-refractivity contribution in [3.8, 4) is 5.75 Å². The van der Waals surface area contributed by atoms with Crippen LogP contribution in [0.2, 0.25) is 0 Å². The van der Waals surface area contributed by atoms with Crippen LogP contribution in [0.3, 0.4) is 0 Å². The summed E-state index contributed by atoms with van der Waals surface area (Å²) < 4.78 is 7.76. The second kappa shape index (κ2) is 5.96. The van der Waals surface area contributed by atoms with Gasteiger partial charge in [-0.2, -0.15) is 5.10 Å². The Morgan fingerprint density at radius 3 is 2.75 bits per heavy atom. The van der Waals surface area contributed by atoms with Gasteiger partial charge in [0.25, 0.3) is 0 Å². The number of amides is 2. The molecule has 0 radical (unpaired) electrons. The molecular formula is C13H15BrN4O2. The maximum Gasteiger partial charge on any atom is 0.323 e. The maximum atomic E-state index is 11.9. The second-order valence-electron chi connectivity index (χ2n) is 4.28. The van der Waals surface area contributed by atoms with Gasteiger partial charge in [0.1, 0.15) is 5.75 Å². The fourth-order valence-corrected chi connectivity index (χ4v) is 2.04. The van der Waals surface area contributed by atoms with Crippen molar-refractivity contribution in [1.29, 1.82) is 0 Å². The third-order valence-corrected chi connectivity index (χ3v) is 3.55. The standard InChI is InChI=1S/C13H15BrN4O2/c1-8-4-12(20-3)11(5-10(8)14)17-13(19)16-9-6-15-18(2)7-9/h4-7H,1-3H3,(H2,16,17,19). The van der Waals surface area contributed by atoms with Crippen molar-refractivity contribution >= 4 is 33.3 Å². The first kappa shape index (κ1) is 14.4. The number of urea groups is 1. The summed E-state index contributed by atoms with van der Waals surface area (Å²) in [5, 5.41) is 9.42. The molecule has 2 aromatic rings. The van der Waals surface area contributed by atoms with E-state index in [1.165, 1.54) is 0 Å². The van der Waals surface area contributed by atoms with Gasteiger partial charge in [-0.3, -0.25) is 4.68 Å². The van der Waals surface area contributed by atoms with Crippen LogP contribution in [0.1, 0.15) is 5.56 Å². The van der Waals surface area contributed by atoms with Gasteiger partial charge < -0.3 is 15.4 Å². The van der Waals surface area contributed by atoms with Crippen molar-refractivity contribution in [3.63, 3.8) is 0 Å². The molecule has 2 N–H and O–H groups in total. The average Bonchev–Trinajstić information content (AvgIpc) is 2.78. The summed E-state index contributed by atoms with van der Waals surface area (Å²) in [6, 6.07) is 3.30. The number of rotatable bonds is 3. The molecule has 1 aromatic carbocycles. The Kier molecular flexibility index (Phi) is 4.29. The van der Waals surface area contributed by atoms with Gasteiger partial charge in [0.15, 0.2) is 0 Å². The molecule has 0 atom stereocenters. The monoisotopic (exact) mass is 338 g/mol. The van der Waals surface area contributed by atoms with E-state index in [4.69, 9.17) is 4.74 Å². The number of carbonyl (C=O) groups excluding carboxylic acids is 1. The molecule has 0 unspecified atom stereocenters. The lowest BCUT2D eigenvalue weighted by Gasteiger charge is -2.12. The summed E-state index contributed by atoms with van der Waals surface area (Å²) in [4.78, 5) is 11.9. The zero-order chi connectivity index (χ0) is 14.7. The third-order valence-electron chi connectivity index (χ3n) is 2.69. The van der Waals surface area contributed by atoms with E-state index in [0.29, 0.717) is 17.1 Å². The number of ether oxygens (including phenoxy) is 1. The van der Waals surface area contributed by atoms with Gasteiger partial charge in [-0.05, 0) is 24.6 Å². The van der Waals surface area contributed by atoms with E-state index < -0.39 is 0 Å². The molecule has 1 aromatic heterocycles. The number of hydrogen-bond donors (Lipinski definition) is 2. The van der Waals surface area contributed by atoms with Gasteiger partial charge in [0.2, 0.25) is 0 Å². The van der Waals surface area contributed by atoms with Crippen LogP contribution in [0.4, 0.5) is 16.2 Å². The summed E-state index contributed by atoms with van der Waals surface area (Å²) in [6.45, 7) is 1.95. The minimum atomic E-state index is -0.355. The highest BCUT2D eigenvalue weighted by molar-refractivity contribution is 9.10. The van der Waals surface area contributed by atoms with Crippen LogP contribution < -0.4 is 15.4 Å². The average molecular weight is 339 g/mol. The molecule has 20 heavy (non-hydrogen) atoms. The number of nitrogens with zero attached hydrogens (tertiary/aromatic N) is 2. The lowest BCUT2D eigenvalue weighted by atomic mass is 10.2. The van der Waals surface area contributed by atoms with Crippen LogP contribution in [-0.4, -0.2) is 22.9 Å². The number of methoxy groups -OCH3 is 1. The summed E-state index contributed by atoms with van der Waals surface area (Å²) in [7, 11) is 3.34. The highest BCUT2D eigenvalue weighted by atomic mass is 79.9. The number of hydrogen-bond acceptors (Lipinski definition) is 3. The van der Waals surface area contributed by atoms with Crippen LogP contribution in [-0.2, 0) is 7.05 Å². The van der Waals surface area contributed by atoms with Gasteiger partial charge in [0, 0.05) is 17.7 Å². The molecule has 0 aliphatic rings.